The molecule has 0 aliphatic carbocycles. The molecule has 4 N–H and O–H groups in total. The van der Waals surface area contributed by atoms with Gasteiger partial charge in [0, 0.05) is 24.8 Å². The van der Waals surface area contributed by atoms with Gasteiger partial charge >= 0.3 is 0 Å². The zero-order chi connectivity index (χ0) is 12.8. The SMILES string of the molecule is CCC(CCO)NC(C)c1cc(O)cc(O)c1. The van der Waals surface area contributed by atoms with Crippen LogP contribution >= 0.6 is 0 Å². The molecule has 96 valence electrons. The van der Waals surface area contributed by atoms with Crippen LogP contribution in [0.25, 0.3) is 0 Å². The van der Waals surface area contributed by atoms with Crippen molar-refractivity contribution in [3.05, 3.63) is 23.8 Å². The number of aliphatic hydroxyl groups excluding tert-OH is 1. The fourth-order valence-electron chi connectivity index (χ4n) is 1.88. The number of benzene rings is 1. The Balaban J connectivity index is 2.71. The van der Waals surface area contributed by atoms with Gasteiger partial charge in [-0.2, -0.15) is 0 Å². The van der Waals surface area contributed by atoms with E-state index in [2.05, 4.69) is 12.2 Å². The second kappa shape index (κ2) is 6.47. The zero-order valence-corrected chi connectivity index (χ0v) is 10.3. The summed E-state index contributed by atoms with van der Waals surface area (Å²) in [6, 6.07) is 4.82. The Kier molecular flexibility index (Phi) is 5.25. The number of nitrogens with one attached hydrogen (secondary N) is 1. The smallest absolute Gasteiger partial charge is 0.119 e. The van der Waals surface area contributed by atoms with E-state index in [0.29, 0.717) is 6.42 Å². The van der Waals surface area contributed by atoms with Gasteiger partial charge in [0.15, 0.2) is 0 Å². The Hall–Kier alpha value is -1.26. The van der Waals surface area contributed by atoms with Gasteiger partial charge in [-0.15, -0.1) is 0 Å². The number of phenolic OH excluding ortho intramolecular Hbond substituents is 2. The van der Waals surface area contributed by atoms with Crippen molar-refractivity contribution in [3.63, 3.8) is 0 Å². The Morgan fingerprint density at radius 2 is 1.76 bits per heavy atom. The van der Waals surface area contributed by atoms with Crippen LogP contribution in [-0.4, -0.2) is 28.0 Å². The van der Waals surface area contributed by atoms with Gasteiger partial charge in [-0.3, -0.25) is 0 Å². The van der Waals surface area contributed by atoms with Crippen molar-refractivity contribution in [3.8, 4) is 11.5 Å². The summed E-state index contributed by atoms with van der Waals surface area (Å²) in [5, 5.41) is 31.1. The van der Waals surface area contributed by atoms with Crippen LogP contribution in [0.4, 0.5) is 0 Å². The van der Waals surface area contributed by atoms with Crippen molar-refractivity contribution in [1.82, 2.24) is 5.32 Å². The summed E-state index contributed by atoms with van der Waals surface area (Å²) in [5.41, 5.74) is 0.832. The van der Waals surface area contributed by atoms with Gasteiger partial charge in [0.25, 0.3) is 0 Å². The van der Waals surface area contributed by atoms with Crippen molar-refractivity contribution in [2.24, 2.45) is 0 Å². The standard InChI is InChI=1S/C13H21NO3/c1-3-11(4-5-15)14-9(2)10-6-12(16)8-13(17)7-10/h6-9,11,14-17H,3-5H2,1-2H3. The van der Waals surface area contributed by atoms with Gasteiger partial charge < -0.3 is 20.6 Å². The van der Waals surface area contributed by atoms with E-state index in [4.69, 9.17) is 5.11 Å². The van der Waals surface area contributed by atoms with Crippen LogP contribution < -0.4 is 5.32 Å². The van der Waals surface area contributed by atoms with E-state index in [-0.39, 0.29) is 30.2 Å². The van der Waals surface area contributed by atoms with Crippen molar-refractivity contribution in [1.29, 1.82) is 0 Å². The first-order valence-electron chi connectivity index (χ1n) is 5.96. The Morgan fingerprint density at radius 1 is 1.18 bits per heavy atom. The van der Waals surface area contributed by atoms with E-state index in [1.807, 2.05) is 6.92 Å². The first-order chi connectivity index (χ1) is 8.06. The third-order valence-corrected chi connectivity index (χ3v) is 2.88. The minimum absolute atomic E-state index is 0.0181. The van der Waals surface area contributed by atoms with Crippen molar-refractivity contribution < 1.29 is 15.3 Å². The minimum atomic E-state index is 0.0181. The number of hydrogen-bond donors (Lipinski definition) is 4. The van der Waals surface area contributed by atoms with Gasteiger partial charge in [0.05, 0.1) is 0 Å². The van der Waals surface area contributed by atoms with Crippen LogP contribution in [0.3, 0.4) is 0 Å². The summed E-state index contributed by atoms with van der Waals surface area (Å²) in [6.45, 7) is 4.18. The van der Waals surface area contributed by atoms with E-state index in [0.717, 1.165) is 12.0 Å². The second-order valence-corrected chi connectivity index (χ2v) is 4.29. The van der Waals surface area contributed by atoms with Crippen LogP contribution in [0.1, 0.15) is 38.3 Å². The molecule has 0 saturated heterocycles. The lowest BCUT2D eigenvalue weighted by Gasteiger charge is -2.22. The molecule has 0 amide bonds. The monoisotopic (exact) mass is 239 g/mol. The van der Waals surface area contributed by atoms with E-state index in [9.17, 15) is 10.2 Å². The third kappa shape index (κ3) is 4.24. The lowest BCUT2D eigenvalue weighted by atomic mass is 10.0. The minimum Gasteiger partial charge on any atom is -0.508 e. The first-order valence-corrected chi connectivity index (χ1v) is 5.96. The molecule has 0 saturated carbocycles. The lowest BCUT2D eigenvalue weighted by Crippen LogP contribution is -2.31. The molecule has 0 aliphatic rings. The summed E-state index contributed by atoms with van der Waals surface area (Å²) in [5.74, 6) is 0.118. The lowest BCUT2D eigenvalue weighted by molar-refractivity contribution is 0.257. The maximum Gasteiger partial charge on any atom is 0.119 e. The third-order valence-electron chi connectivity index (χ3n) is 2.88. The maximum absolute atomic E-state index is 9.41. The molecule has 4 nitrogen and oxygen atoms in total. The van der Waals surface area contributed by atoms with Crippen molar-refractivity contribution in [2.75, 3.05) is 6.61 Å². The summed E-state index contributed by atoms with van der Waals surface area (Å²) < 4.78 is 0. The highest BCUT2D eigenvalue weighted by Gasteiger charge is 2.12. The number of aliphatic hydroxyl groups is 1. The number of hydrogen-bond acceptors (Lipinski definition) is 4. The van der Waals surface area contributed by atoms with Gasteiger partial charge in [0.2, 0.25) is 0 Å². The number of rotatable bonds is 6. The second-order valence-electron chi connectivity index (χ2n) is 4.29. The summed E-state index contributed by atoms with van der Waals surface area (Å²) in [6.07, 6.45) is 1.63. The summed E-state index contributed by atoms with van der Waals surface area (Å²) >= 11 is 0. The maximum atomic E-state index is 9.41. The fourth-order valence-corrected chi connectivity index (χ4v) is 1.88. The molecule has 0 bridgehead atoms. The Bertz CT molecular complexity index is 334. The number of aromatic hydroxyl groups is 2. The Morgan fingerprint density at radius 3 is 2.24 bits per heavy atom. The molecule has 2 unspecified atom stereocenters. The van der Waals surface area contributed by atoms with E-state index in [1.165, 1.54) is 6.07 Å². The Labute approximate surface area is 102 Å². The summed E-state index contributed by atoms with van der Waals surface area (Å²) in [7, 11) is 0. The largest absolute Gasteiger partial charge is 0.508 e. The molecule has 1 aromatic rings. The predicted molar refractivity (Wildman–Crippen MR) is 67.1 cm³/mol. The molecule has 0 radical (unpaired) electrons. The van der Waals surface area contributed by atoms with Crippen LogP contribution in [0.2, 0.25) is 0 Å². The van der Waals surface area contributed by atoms with Gasteiger partial charge in [-0.25, -0.2) is 0 Å². The molecular weight excluding hydrogens is 218 g/mol. The first kappa shape index (κ1) is 13.8. The van der Waals surface area contributed by atoms with Crippen LogP contribution in [-0.2, 0) is 0 Å². The summed E-state index contributed by atoms with van der Waals surface area (Å²) in [4.78, 5) is 0. The number of phenols is 2. The van der Waals surface area contributed by atoms with E-state index < -0.39 is 0 Å². The topological polar surface area (TPSA) is 72.7 Å². The van der Waals surface area contributed by atoms with Crippen molar-refractivity contribution >= 4 is 0 Å². The normalized spacial score (nSPS) is 14.5. The molecule has 1 aromatic carbocycles. The molecule has 0 heterocycles. The molecular formula is C13H21NO3. The van der Waals surface area contributed by atoms with Crippen molar-refractivity contribution in [2.45, 2.75) is 38.8 Å². The average molecular weight is 239 g/mol. The van der Waals surface area contributed by atoms with Crippen LogP contribution in [0.15, 0.2) is 18.2 Å². The van der Waals surface area contributed by atoms with Crippen LogP contribution in [0.5, 0.6) is 11.5 Å². The predicted octanol–water partition coefficient (Wildman–Crippen LogP) is 1.91. The average Bonchev–Trinajstić information content (AvgIpc) is 2.27. The molecule has 0 aromatic heterocycles. The van der Waals surface area contributed by atoms with Gasteiger partial charge in [-0.05, 0) is 37.5 Å². The molecule has 0 aliphatic heterocycles. The molecule has 2 atom stereocenters. The molecule has 4 heteroatoms. The van der Waals surface area contributed by atoms with E-state index >= 15 is 0 Å². The molecule has 1 rings (SSSR count). The highest BCUT2D eigenvalue weighted by atomic mass is 16.3. The van der Waals surface area contributed by atoms with Gasteiger partial charge in [0.1, 0.15) is 11.5 Å². The molecule has 0 fully saturated rings. The molecule has 0 spiro atoms. The highest BCUT2D eigenvalue weighted by molar-refractivity contribution is 5.37. The molecule has 17 heavy (non-hydrogen) atoms. The van der Waals surface area contributed by atoms with Crippen LogP contribution in [0, 0.1) is 0 Å². The fraction of sp³-hybridized carbons (Fsp3) is 0.538. The highest BCUT2D eigenvalue weighted by Crippen LogP contribution is 2.25. The quantitative estimate of drug-likeness (QED) is 0.612. The van der Waals surface area contributed by atoms with Gasteiger partial charge in [-0.1, -0.05) is 6.92 Å². The zero-order valence-electron chi connectivity index (χ0n) is 10.3. The van der Waals surface area contributed by atoms with E-state index in [1.54, 1.807) is 12.1 Å².